The summed E-state index contributed by atoms with van der Waals surface area (Å²) >= 11 is 8.71. The Morgan fingerprint density at radius 3 is 1.27 bits per heavy atom. The lowest BCUT2D eigenvalue weighted by atomic mass is 10.4. The van der Waals surface area contributed by atoms with E-state index in [0.717, 1.165) is 9.79 Å². The van der Waals surface area contributed by atoms with Gasteiger partial charge in [-0.25, -0.2) is 0 Å². The van der Waals surface area contributed by atoms with E-state index >= 15 is 0 Å². The van der Waals surface area contributed by atoms with E-state index in [-0.39, 0.29) is 0 Å². The number of rotatable bonds is 2. The summed E-state index contributed by atoms with van der Waals surface area (Å²) in [5.41, 5.74) is 0. The number of benzene rings is 2. The fourth-order valence-corrected chi connectivity index (χ4v) is 2.33. The maximum atomic E-state index is 3.47. The molecule has 2 aromatic rings. The molecule has 0 unspecified atom stereocenters. The monoisotopic (exact) mass is 252 g/mol. The van der Waals surface area contributed by atoms with E-state index in [1.165, 1.54) is 9.79 Å². The first-order valence-electron chi connectivity index (χ1n) is 4.55. The van der Waals surface area contributed by atoms with Gasteiger partial charge in [0.05, 0.1) is 0 Å². The molecular formula is C12H12S3+2. The Labute approximate surface area is 105 Å². The molecule has 0 heterocycles. The summed E-state index contributed by atoms with van der Waals surface area (Å²) in [4.78, 5) is 4.71. The number of hydrogen-bond acceptors (Lipinski definition) is 1. The average molecular weight is 252 g/mol. The minimum Gasteiger partial charge on any atom is -0.0901 e. The van der Waals surface area contributed by atoms with Crippen molar-refractivity contribution < 1.29 is 0 Å². The Morgan fingerprint density at radius 2 is 0.933 bits per heavy atom. The molecule has 0 N–H and O–H groups in total. The molecule has 0 aliphatic carbocycles. The van der Waals surface area contributed by atoms with Crippen molar-refractivity contribution in [2.75, 3.05) is 0 Å². The van der Waals surface area contributed by atoms with E-state index < -0.39 is 0 Å². The highest BCUT2D eigenvalue weighted by atomic mass is 32.2. The molecule has 2 aromatic carbocycles. The summed E-state index contributed by atoms with van der Waals surface area (Å²) in [7, 11) is 0. The Balaban J connectivity index is 2.15. The molecule has 3 heteroatoms. The van der Waals surface area contributed by atoms with Crippen LogP contribution in [0.5, 0.6) is 0 Å². The third kappa shape index (κ3) is 3.23. The third-order valence-electron chi connectivity index (χ3n) is 1.94. The summed E-state index contributed by atoms with van der Waals surface area (Å²) in [6.07, 6.45) is 0. The predicted molar refractivity (Wildman–Crippen MR) is 73.8 cm³/mol. The topological polar surface area (TPSA) is 0 Å². The van der Waals surface area contributed by atoms with E-state index in [0.29, 0.717) is 0 Å². The second-order valence-electron chi connectivity index (χ2n) is 3.15. The molecule has 0 nitrogen and oxygen atoms in total. The second-order valence-corrected chi connectivity index (χ2v) is 5.45. The maximum Gasteiger partial charge on any atom is 0.150 e. The van der Waals surface area contributed by atoms with E-state index in [1.54, 1.807) is 11.8 Å². The van der Waals surface area contributed by atoms with E-state index in [2.05, 4.69) is 73.8 Å². The quantitative estimate of drug-likeness (QED) is 0.740. The van der Waals surface area contributed by atoms with Crippen LogP contribution in [0.4, 0.5) is 0 Å². The van der Waals surface area contributed by atoms with Crippen LogP contribution in [0.25, 0.3) is 0 Å². The standard InChI is InChI=1S/C12H10S3/c13-9-1-5-11(6-2-9)15-12-7-3-10(14)4-8-12/h1-8,13-14H/p+2. The van der Waals surface area contributed by atoms with Gasteiger partial charge in [0, 0.05) is 9.79 Å². The molecule has 0 aromatic heterocycles. The molecule has 15 heavy (non-hydrogen) atoms. The Morgan fingerprint density at radius 1 is 0.600 bits per heavy atom. The number of hydrogen-bond donors (Lipinski definition) is 0. The Kier molecular flexibility index (Phi) is 3.67. The largest absolute Gasteiger partial charge is 0.150 e. The molecule has 2 rings (SSSR count). The Bertz CT molecular complexity index is 388. The van der Waals surface area contributed by atoms with Crippen LogP contribution in [0.1, 0.15) is 0 Å². The maximum absolute atomic E-state index is 3.47. The highest BCUT2D eigenvalue weighted by molar-refractivity contribution is 7.99. The zero-order chi connectivity index (χ0) is 10.7. The van der Waals surface area contributed by atoms with E-state index in [9.17, 15) is 0 Å². The SMILES string of the molecule is [SH2+]c1ccc(Sc2ccc([SH2+])cc2)cc1. The van der Waals surface area contributed by atoms with Gasteiger partial charge in [-0.15, -0.1) is 0 Å². The van der Waals surface area contributed by atoms with Gasteiger partial charge >= 0.3 is 0 Å². The van der Waals surface area contributed by atoms with Crippen molar-refractivity contribution in [2.45, 2.75) is 19.6 Å². The van der Waals surface area contributed by atoms with Crippen LogP contribution in [-0.4, -0.2) is 0 Å². The van der Waals surface area contributed by atoms with Crippen LogP contribution < -0.4 is 0 Å². The normalized spacial score (nSPS) is 10.3. The minimum absolute atomic E-state index is 1.11. The zero-order valence-corrected chi connectivity index (χ0v) is 10.8. The summed E-state index contributed by atoms with van der Waals surface area (Å²) in [6, 6.07) is 16.6. The van der Waals surface area contributed by atoms with Crippen molar-refractivity contribution in [3.05, 3.63) is 48.5 Å². The van der Waals surface area contributed by atoms with Crippen molar-refractivity contribution in [2.24, 2.45) is 0 Å². The van der Waals surface area contributed by atoms with Gasteiger partial charge in [-0.1, -0.05) is 11.8 Å². The van der Waals surface area contributed by atoms with Gasteiger partial charge in [0.25, 0.3) is 0 Å². The molecule has 0 bridgehead atoms. The fraction of sp³-hybridized carbons (Fsp3) is 0. The van der Waals surface area contributed by atoms with Gasteiger partial charge in [-0.3, -0.25) is 0 Å². The van der Waals surface area contributed by atoms with Crippen LogP contribution in [0.2, 0.25) is 0 Å². The fourth-order valence-electron chi connectivity index (χ4n) is 1.18. The molecular weight excluding hydrogens is 240 g/mol. The highest BCUT2D eigenvalue weighted by Gasteiger charge is 1.99. The van der Waals surface area contributed by atoms with Crippen LogP contribution in [-0.2, 0) is 25.3 Å². The molecule has 0 aliphatic heterocycles. The van der Waals surface area contributed by atoms with Gasteiger partial charge in [0.2, 0.25) is 0 Å². The van der Waals surface area contributed by atoms with E-state index in [4.69, 9.17) is 0 Å². The molecule has 0 amide bonds. The van der Waals surface area contributed by atoms with E-state index in [1.807, 2.05) is 0 Å². The van der Waals surface area contributed by atoms with Crippen molar-refractivity contribution >= 4 is 37.0 Å². The Hall–Kier alpha value is -0.510. The average Bonchev–Trinajstić information content (AvgIpc) is 2.25. The highest BCUT2D eigenvalue weighted by Crippen LogP contribution is 2.27. The summed E-state index contributed by atoms with van der Waals surface area (Å²) in [5.74, 6) is 0. The van der Waals surface area contributed by atoms with Gasteiger partial charge in [-0.2, -0.15) is 0 Å². The minimum atomic E-state index is 1.11. The lowest BCUT2D eigenvalue weighted by molar-refractivity contribution is 1.32. The summed E-state index contributed by atoms with van der Waals surface area (Å²) in [5, 5.41) is 0. The first-order valence-corrected chi connectivity index (χ1v) is 6.37. The summed E-state index contributed by atoms with van der Waals surface area (Å²) < 4.78 is 0. The smallest absolute Gasteiger partial charge is 0.0901 e. The molecule has 0 aliphatic rings. The van der Waals surface area contributed by atoms with Crippen LogP contribution in [0.15, 0.2) is 68.1 Å². The summed E-state index contributed by atoms with van der Waals surface area (Å²) in [6.45, 7) is 0. The first-order chi connectivity index (χ1) is 7.24. The lowest BCUT2D eigenvalue weighted by Gasteiger charge is -2.00. The van der Waals surface area contributed by atoms with Crippen molar-refractivity contribution in [1.29, 1.82) is 0 Å². The lowest BCUT2D eigenvalue weighted by Crippen LogP contribution is -1.75. The first kappa shape index (κ1) is 11.0. The third-order valence-corrected chi connectivity index (χ3v) is 3.63. The van der Waals surface area contributed by atoms with Gasteiger partial charge in [0.15, 0.2) is 0 Å². The van der Waals surface area contributed by atoms with Gasteiger partial charge in [-0.05, 0) is 73.8 Å². The van der Waals surface area contributed by atoms with Gasteiger partial charge in [0.1, 0.15) is 9.79 Å². The molecule has 76 valence electrons. The predicted octanol–water partition coefficient (Wildman–Crippen LogP) is 2.58. The van der Waals surface area contributed by atoms with Crippen LogP contribution in [0, 0.1) is 0 Å². The molecule has 0 spiro atoms. The second kappa shape index (κ2) is 5.01. The van der Waals surface area contributed by atoms with Crippen molar-refractivity contribution in [1.82, 2.24) is 0 Å². The van der Waals surface area contributed by atoms with Crippen molar-refractivity contribution in [3.8, 4) is 0 Å². The zero-order valence-electron chi connectivity index (χ0n) is 8.03. The van der Waals surface area contributed by atoms with Gasteiger partial charge < -0.3 is 0 Å². The molecule has 0 saturated heterocycles. The van der Waals surface area contributed by atoms with Crippen LogP contribution in [0.3, 0.4) is 0 Å². The van der Waals surface area contributed by atoms with Crippen molar-refractivity contribution in [3.63, 3.8) is 0 Å². The molecule has 0 radical (unpaired) electrons. The molecule has 0 atom stereocenters. The molecule has 0 saturated carbocycles. The molecule has 0 fully saturated rings. The van der Waals surface area contributed by atoms with Crippen LogP contribution >= 0.6 is 11.8 Å².